The molecule has 0 spiro atoms. The maximum absolute atomic E-state index is 12.4. The lowest BCUT2D eigenvalue weighted by Crippen LogP contribution is -2.30. The second-order valence-corrected chi connectivity index (χ2v) is 9.03. The Bertz CT molecular complexity index is 993. The van der Waals surface area contributed by atoms with E-state index >= 15 is 0 Å². The van der Waals surface area contributed by atoms with Gasteiger partial charge in [0.25, 0.3) is 0 Å². The van der Waals surface area contributed by atoms with Gasteiger partial charge in [-0.2, -0.15) is 0 Å². The fourth-order valence-corrected chi connectivity index (χ4v) is 3.36. The molecule has 0 N–H and O–H groups in total. The van der Waals surface area contributed by atoms with Crippen LogP contribution in [0.5, 0.6) is 17.2 Å². The number of hydrogen-bond acceptors (Lipinski definition) is 9. The zero-order chi connectivity index (χ0) is 28.8. The minimum atomic E-state index is -0.543. The summed E-state index contributed by atoms with van der Waals surface area (Å²) in [5.74, 6) is 1.41. The first kappa shape index (κ1) is 32.7. The highest BCUT2D eigenvalue weighted by molar-refractivity contribution is 5.86. The number of benzene rings is 2. The number of carbonyl (C=O) groups is 2. The van der Waals surface area contributed by atoms with Crippen LogP contribution < -0.4 is 14.2 Å². The number of esters is 2. The van der Waals surface area contributed by atoms with E-state index < -0.39 is 12.1 Å². The van der Waals surface area contributed by atoms with E-state index in [0.29, 0.717) is 50.6 Å². The second-order valence-electron chi connectivity index (χ2n) is 9.03. The Morgan fingerprint density at radius 1 is 0.750 bits per heavy atom. The van der Waals surface area contributed by atoms with Gasteiger partial charge in [0.15, 0.2) is 6.10 Å². The monoisotopic (exact) mass is 558 g/mol. The molecule has 0 saturated carbocycles. The molecule has 2 rings (SSSR count). The normalized spacial score (nSPS) is 11.3. The van der Waals surface area contributed by atoms with Crippen molar-refractivity contribution in [1.29, 1.82) is 0 Å². The highest BCUT2D eigenvalue weighted by Gasteiger charge is 2.16. The summed E-state index contributed by atoms with van der Waals surface area (Å²) in [7, 11) is 1.62. The van der Waals surface area contributed by atoms with Gasteiger partial charge in [0, 0.05) is 31.3 Å². The van der Waals surface area contributed by atoms with Crippen molar-refractivity contribution in [2.24, 2.45) is 0 Å². The summed E-state index contributed by atoms with van der Waals surface area (Å²) < 4.78 is 38.7. The average Bonchev–Trinajstić information content (AvgIpc) is 2.96. The first-order valence-corrected chi connectivity index (χ1v) is 13.6. The zero-order valence-electron chi connectivity index (χ0n) is 23.6. The summed E-state index contributed by atoms with van der Waals surface area (Å²) in [6.45, 7) is 7.83. The first-order chi connectivity index (χ1) is 19.5. The lowest BCUT2D eigenvalue weighted by molar-refractivity contribution is -0.154. The van der Waals surface area contributed by atoms with Gasteiger partial charge in [-0.25, -0.2) is 4.79 Å². The maximum Gasteiger partial charge on any atom is 0.333 e. The molecule has 0 radical (unpaired) electrons. The summed E-state index contributed by atoms with van der Waals surface area (Å²) in [5, 5.41) is 0. The molecule has 0 bridgehead atoms. The fourth-order valence-electron chi connectivity index (χ4n) is 3.36. The van der Waals surface area contributed by atoms with Crippen LogP contribution in [-0.4, -0.2) is 71.4 Å². The summed E-state index contributed by atoms with van der Waals surface area (Å²) >= 11 is 0. The van der Waals surface area contributed by atoms with Crippen molar-refractivity contribution >= 4 is 11.9 Å². The fraction of sp³-hybridized carbons (Fsp3) is 0.484. The second kappa shape index (κ2) is 20.4. The highest BCUT2D eigenvalue weighted by atomic mass is 16.6. The molecule has 1 atom stereocenters. The van der Waals surface area contributed by atoms with E-state index in [0.717, 1.165) is 24.3 Å². The van der Waals surface area contributed by atoms with Crippen LogP contribution in [0.15, 0.2) is 66.7 Å². The Labute approximate surface area is 237 Å². The third kappa shape index (κ3) is 15.1. The van der Waals surface area contributed by atoms with E-state index in [1.54, 1.807) is 14.0 Å². The highest BCUT2D eigenvalue weighted by Crippen LogP contribution is 2.18. The van der Waals surface area contributed by atoms with Gasteiger partial charge in [0.2, 0.25) is 0 Å². The van der Waals surface area contributed by atoms with Crippen LogP contribution in [0.2, 0.25) is 0 Å². The van der Waals surface area contributed by atoms with Crippen molar-refractivity contribution in [2.45, 2.75) is 45.1 Å². The Morgan fingerprint density at radius 3 is 2.20 bits per heavy atom. The minimum Gasteiger partial charge on any atom is -0.497 e. The zero-order valence-corrected chi connectivity index (χ0v) is 23.6. The molecule has 0 aliphatic rings. The van der Waals surface area contributed by atoms with Crippen molar-refractivity contribution < 1.29 is 42.7 Å². The molecule has 0 aromatic heterocycles. The molecule has 40 heavy (non-hydrogen) atoms. The van der Waals surface area contributed by atoms with E-state index in [-0.39, 0.29) is 32.2 Å². The van der Waals surface area contributed by atoms with Crippen LogP contribution in [0.1, 0.15) is 39.0 Å². The largest absolute Gasteiger partial charge is 0.497 e. The van der Waals surface area contributed by atoms with Gasteiger partial charge < -0.3 is 33.2 Å². The predicted molar refractivity (Wildman–Crippen MR) is 151 cm³/mol. The van der Waals surface area contributed by atoms with Gasteiger partial charge in [0.1, 0.15) is 30.5 Å². The van der Waals surface area contributed by atoms with Crippen molar-refractivity contribution in [3.8, 4) is 17.2 Å². The molecule has 9 heteroatoms. The average molecular weight is 559 g/mol. The molecule has 0 aliphatic carbocycles. The van der Waals surface area contributed by atoms with Crippen LogP contribution >= 0.6 is 0 Å². The third-order valence-electron chi connectivity index (χ3n) is 5.50. The van der Waals surface area contributed by atoms with E-state index in [2.05, 4.69) is 6.58 Å². The number of hydrogen-bond donors (Lipinski definition) is 0. The molecule has 0 aliphatic heterocycles. The number of unbranched alkanes of at least 4 members (excludes halogenated alkanes) is 2. The van der Waals surface area contributed by atoms with Gasteiger partial charge in [-0.1, -0.05) is 30.8 Å². The summed E-state index contributed by atoms with van der Waals surface area (Å²) in [6, 6.07) is 16.8. The van der Waals surface area contributed by atoms with E-state index in [4.69, 9.17) is 33.2 Å². The molecule has 0 amide bonds. The van der Waals surface area contributed by atoms with Crippen molar-refractivity contribution in [3.63, 3.8) is 0 Å². The maximum atomic E-state index is 12.4. The topological polar surface area (TPSA) is 98.8 Å². The van der Waals surface area contributed by atoms with Crippen LogP contribution in [0.25, 0.3) is 0 Å². The Hall–Kier alpha value is -3.56. The van der Waals surface area contributed by atoms with Gasteiger partial charge in [-0.05, 0) is 56.9 Å². The third-order valence-corrected chi connectivity index (χ3v) is 5.50. The summed E-state index contributed by atoms with van der Waals surface area (Å²) in [6.07, 6.45) is 2.41. The smallest absolute Gasteiger partial charge is 0.333 e. The van der Waals surface area contributed by atoms with Crippen molar-refractivity contribution in [1.82, 2.24) is 0 Å². The molecule has 220 valence electrons. The summed E-state index contributed by atoms with van der Waals surface area (Å²) in [5.41, 5.74) is 0.350. The minimum absolute atomic E-state index is 0.183. The van der Waals surface area contributed by atoms with Crippen LogP contribution in [-0.2, 0) is 28.5 Å². The Kier molecular flexibility index (Phi) is 16.6. The number of carbonyl (C=O) groups excluding carboxylic acids is 2. The SMILES string of the molecule is C=C(C)C(=O)OCCCCC(=O)OC(COCCCCOCCOc1cccc(OC)c1)COc1ccccc1. The lowest BCUT2D eigenvalue weighted by Gasteiger charge is -2.19. The quantitative estimate of drug-likeness (QED) is 0.110. The van der Waals surface area contributed by atoms with Gasteiger partial charge in [-0.15, -0.1) is 0 Å². The number of para-hydroxylation sites is 1. The molecule has 0 saturated heterocycles. The van der Waals surface area contributed by atoms with Crippen molar-refractivity contribution in [2.75, 3.05) is 53.4 Å². The molecule has 0 fully saturated rings. The predicted octanol–water partition coefficient (Wildman–Crippen LogP) is 5.17. The number of methoxy groups -OCH3 is 1. The number of rotatable bonds is 22. The van der Waals surface area contributed by atoms with Crippen molar-refractivity contribution in [3.05, 3.63) is 66.7 Å². The van der Waals surface area contributed by atoms with Crippen LogP contribution in [0.4, 0.5) is 0 Å². The van der Waals surface area contributed by atoms with E-state index in [1.807, 2.05) is 54.6 Å². The first-order valence-electron chi connectivity index (χ1n) is 13.6. The van der Waals surface area contributed by atoms with Crippen LogP contribution in [0, 0.1) is 0 Å². The van der Waals surface area contributed by atoms with Gasteiger partial charge >= 0.3 is 11.9 Å². The van der Waals surface area contributed by atoms with Gasteiger partial charge in [-0.3, -0.25) is 4.79 Å². The Morgan fingerprint density at radius 2 is 1.45 bits per heavy atom. The Balaban J connectivity index is 1.59. The van der Waals surface area contributed by atoms with Gasteiger partial charge in [0.05, 0.1) is 26.9 Å². The molecule has 1 unspecified atom stereocenters. The molecule has 9 nitrogen and oxygen atoms in total. The standard InChI is InChI=1S/C31H42O9/c1-25(2)31(33)38-19-8-7-16-30(32)40-29(24-39-26-12-5-4-6-13-26)23-36-18-10-9-17-35-20-21-37-28-15-11-14-27(22-28)34-3/h4-6,11-15,22,29H,1,7-10,16-21,23-24H2,2-3H3. The molecular weight excluding hydrogens is 516 g/mol. The lowest BCUT2D eigenvalue weighted by atomic mass is 10.2. The van der Waals surface area contributed by atoms with Crippen LogP contribution in [0.3, 0.4) is 0 Å². The molecular formula is C31H42O9. The number of ether oxygens (including phenoxy) is 7. The van der Waals surface area contributed by atoms with E-state index in [1.165, 1.54) is 0 Å². The molecule has 0 heterocycles. The molecule has 2 aromatic carbocycles. The van der Waals surface area contributed by atoms with E-state index in [9.17, 15) is 9.59 Å². The molecule has 2 aromatic rings. The summed E-state index contributed by atoms with van der Waals surface area (Å²) in [4.78, 5) is 23.8.